The minimum absolute atomic E-state index is 0.421. The lowest BCUT2D eigenvalue weighted by Gasteiger charge is -2.12. The van der Waals surface area contributed by atoms with Crippen molar-refractivity contribution in [2.75, 3.05) is 0 Å². The van der Waals surface area contributed by atoms with Crippen LogP contribution in [-0.4, -0.2) is 11.9 Å². The minimum Gasteiger partial charge on any atom is -0.308 e. The van der Waals surface area contributed by atoms with E-state index in [1.54, 1.807) is 0 Å². The van der Waals surface area contributed by atoms with Gasteiger partial charge in [-0.1, -0.05) is 55.3 Å². The molecule has 1 aliphatic carbocycles. The van der Waals surface area contributed by atoms with Gasteiger partial charge in [-0.05, 0) is 23.6 Å². The van der Waals surface area contributed by atoms with Crippen LogP contribution in [0.1, 0.15) is 31.2 Å². The molecule has 3 N–H and O–H groups in total. The normalized spacial score (nSPS) is 17.0. The summed E-state index contributed by atoms with van der Waals surface area (Å²) in [6, 6.07) is 15.0. The summed E-state index contributed by atoms with van der Waals surface area (Å²) in [5, 5.41) is 2.41. The summed E-state index contributed by atoms with van der Waals surface area (Å²) in [7, 11) is 0. The van der Waals surface area contributed by atoms with E-state index in [9.17, 15) is 0 Å². The number of amidine groups is 1. The number of hydrogen-bond acceptors (Lipinski definition) is 2. The molecule has 0 aliphatic heterocycles. The van der Waals surface area contributed by atoms with Crippen molar-refractivity contribution in [2.24, 2.45) is 10.8 Å². The van der Waals surface area contributed by atoms with E-state index >= 15 is 0 Å². The third-order valence-corrected chi connectivity index (χ3v) is 3.82. The number of rotatable bonds is 2. The van der Waals surface area contributed by atoms with E-state index in [4.69, 9.17) is 10.8 Å². The second kappa shape index (κ2) is 5.41. The standard InChI is InChI=1S/C16H19N3/c17-19-16(18-13-8-2-3-9-13)15-11-5-7-12-6-1-4-10-14(12)15/h1,4-7,10-11,13H,2-3,8-9,17H2,(H,18,19). The Morgan fingerprint density at radius 2 is 1.79 bits per heavy atom. The molecule has 0 amide bonds. The molecule has 0 saturated heterocycles. The van der Waals surface area contributed by atoms with Crippen molar-refractivity contribution in [3.8, 4) is 0 Å². The molecule has 3 nitrogen and oxygen atoms in total. The second-order valence-corrected chi connectivity index (χ2v) is 5.09. The lowest BCUT2D eigenvalue weighted by molar-refractivity contribution is 0.701. The quantitative estimate of drug-likeness (QED) is 0.374. The SMILES string of the molecule is NNC(=NC1CCCC1)c1cccc2ccccc12. The van der Waals surface area contributed by atoms with Crippen molar-refractivity contribution < 1.29 is 0 Å². The highest BCUT2D eigenvalue weighted by Crippen LogP contribution is 2.23. The number of nitrogens with zero attached hydrogens (tertiary/aromatic N) is 1. The predicted molar refractivity (Wildman–Crippen MR) is 80.1 cm³/mol. The zero-order valence-electron chi connectivity index (χ0n) is 11.0. The number of nitrogens with two attached hydrogens (primary N) is 1. The molecule has 2 aromatic rings. The van der Waals surface area contributed by atoms with E-state index in [1.165, 1.54) is 36.5 Å². The molecule has 0 spiro atoms. The fraction of sp³-hybridized carbons (Fsp3) is 0.312. The highest BCUT2D eigenvalue weighted by molar-refractivity contribution is 6.09. The van der Waals surface area contributed by atoms with Gasteiger partial charge in [0.2, 0.25) is 0 Å². The molecular formula is C16H19N3. The van der Waals surface area contributed by atoms with Crippen molar-refractivity contribution >= 4 is 16.6 Å². The Labute approximate surface area is 113 Å². The van der Waals surface area contributed by atoms with Crippen LogP contribution in [0.4, 0.5) is 0 Å². The Balaban J connectivity index is 2.05. The number of nitrogens with one attached hydrogen (secondary N) is 1. The van der Waals surface area contributed by atoms with E-state index in [2.05, 4.69) is 47.9 Å². The molecule has 0 bridgehead atoms. The van der Waals surface area contributed by atoms with Gasteiger partial charge in [-0.15, -0.1) is 0 Å². The van der Waals surface area contributed by atoms with Crippen LogP contribution in [0.5, 0.6) is 0 Å². The number of hydrazine groups is 1. The highest BCUT2D eigenvalue weighted by Gasteiger charge is 2.15. The number of hydrogen-bond donors (Lipinski definition) is 2. The fourth-order valence-corrected chi connectivity index (χ4v) is 2.83. The second-order valence-electron chi connectivity index (χ2n) is 5.09. The van der Waals surface area contributed by atoms with E-state index in [0.717, 1.165) is 11.4 Å². The molecular weight excluding hydrogens is 234 g/mol. The van der Waals surface area contributed by atoms with Gasteiger partial charge < -0.3 is 5.43 Å². The van der Waals surface area contributed by atoms with Gasteiger partial charge in [0.25, 0.3) is 0 Å². The van der Waals surface area contributed by atoms with Gasteiger partial charge in [0.05, 0.1) is 6.04 Å². The lowest BCUT2D eigenvalue weighted by Crippen LogP contribution is -2.32. The van der Waals surface area contributed by atoms with Crippen molar-refractivity contribution in [3.63, 3.8) is 0 Å². The summed E-state index contributed by atoms with van der Waals surface area (Å²) in [6.07, 6.45) is 4.91. The smallest absolute Gasteiger partial charge is 0.143 e. The molecule has 0 aromatic heterocycles. The maximum Gasteiger partial charge on any atom is 0.143 e. The van der Waals surface area contributed by atoms with Crippen LogP contribution >= 0.6 is 0 Å². The van der Waals surface area contributed by atoms with Crippen molar-refractivity contribution in [1.82, 2.24) is 5.43 Å². The average Bonchev–Trinajstić information content (AvgIpc) is 2.97. The molecule has 3 heteroatoms. The van der Waals surface area contributed by atoms with Crippen LogP contribution in [0.25, 0.3) is 10.8 Å². The Kier molecular flexibility index (Phi) is 3.47. The van der Waals surface area contributed by atoms with Gasteiger partial charge in [0.1, 0.15) is 5.84 Å². The molecule has 3 rings (SSSR count). The van der Waals surface area contributed by atoms with Crippen LogP contribution in [0.2, 0.25) is 0 Å². The summed E-state index contributed by atoms with van der Waals surface area (Å²) in [4.78, 5) is 4.79. The van der Waals surface area contributed by atoms with Gasteiger partial charge in [0, 0.05) is 5.56 Å². The molecule has 0 unspecified atom stereocenters. The highest BCUT2D eigenvalue weighted by atomic mass is 15.3. The first kappa shape index (κ1) is 12.2. The Hall–Kier alpha value is -1.87. The molecule has 98 valence electrons. The van der Waals surface area contributed by atoms with E-state index < -0.39 is 0 Å². The zero-order chi connectivity index (χ0) is 13.1. The first-order valence-electron chi connectivity index (χ1n) is 6.91. The van der Waals surface area contributed by atoms with Gasteiger partial charge in [0.15, 0.2) is 0 Å². The molecule has 0 radical (unpaired) electrons. The largest absolute Gasteiger partial charge is 0.308 e. The summed E-state index contributed by atoms with van der Waals surface area (Å²) in [5.41, 5.74) is 3.88. The van der Waals surface area contributed by atoms with E-state index in [0.29, 0.717) is 6.04 Å². The fourth-order valence-electron chi connectivity index (χ4n) is 2.83. The summed E-state index contributed by atoms with van der Waals surface area (Å²) in [5.74, 6) is 6.50. The Bertz CT molecular complexity index is 592. The van der Waals surface area contributed by atoms with Crippen LogP contribution in [0.15, 0.2) is 47.5 Å². The zero-order valence-corrected chi connectivity index (χ0v) is 11.0. The first-order chi connectivity index (χ1) is 9.38. The van der Waals surface area contributed by atoms with Crippen LogP contribution < -0.4 is 11.3 Å². The average molecular weight is 253 g/mol. The minimum atomic E-state index is 0.421. The Morgan fingerprint density at radius 3 is 2.58 bits per heavy atom. The Morgan fingerprint density at radius 1 is 1.05 bits per heavy atom. The summed E-state index contributed by atoms with van der Waals surface area (Å²) < 4.78 is 0. The van der Waals surface area contributed by atoms with E-state index in [1.807, 2.05) is 0 Å². The predicted octanol–water partition coefficient (Wildman–Crippen LogP) is 2.99. The first-order valence-corrected chi connectivity index (χ1v) is 6.91. The summed E-state index contributed by atoms with van der Waals surface area (Å²) >= 11 is 0. The maximum absolute atomic E-state index is 5.69. The number of fused-ring (bicyclic) bond motifs is 1. The lowest BCUT2D eigenvalue weighted by atomic mass is 10.0. The van der Waals surface area contributed by atoms with Gasteiger partial charge in [-0.25, -0.2) is 5.84 Å². The van der Waals surface area contributed by atoms with Crippen LogP contribution in [0.3, 0.4) is 0 Å². The van der Waals surface area contributed by atoms with Gasteiger partial charge in [-0.2, -0.15) is 0 Å². The third kappa shape index (κ3) is 2.47. The molecule has 2 aromatic carbocycles. The van der Waals surface area contributed by atoms with Crippen molar-refractivity contribution in [3.05, 3.63) is 48.0 Å². The number of aliphatic imine (C=N–C) groups is 1. The van der Waals surface area contributed by atoms with Crippen molar-refractivity contribution in [2.45, 2.75) is 31.7 Å². The number of benzene rings is 2. The maximum atomic E-state index is 5.69. The topological polar surface area (TPSA) is 50.4 Å². The van der Waals surface area contributed by atoms with Crippen molar-refractivity contribution in [1.29, 1.82) is 0 Å². The molecule has 1 aliphatic rings. The van der Waals surface area contributed by atoms with Gasteiger partial charge >= 0.3 is 0 Å². The molecule has 1 saturated carbocycles. The molecule has 1 fully saturated rings. The van der Waals surface area contributed by atoms with Crippen LogP contribution in [-0.2, 0) is 0 Å². The molecule has 19 heavy (non-hydrogen) atoms. The molecule has 0 atom stereocenters. The van der Waals surface area contributed by atoms with Crippen LogP contribution in [0, 0.1) is 0 Å². The summed E-state index contributed by atoms with van der Waals surface area (Å²) in [6.45, 7) is 0. The monoisotopic (exact) mass is 253 g/mol. The van der Waals surface area contributed by atoms with Gasteiger partial charge in [-0.3, -0.25) is 4.99 Å². The molecule has 0 heterocycles. The third-order valence-electron chi connectivity index (χ3n) is 3.82. The van der Waals surface area contributed by atoms with E-state index in [-0.39, 0.29) is 0 Å².